The molecule has 1 heterocycles. The summed E-state index contributed by atoms with van der Waals surface area (Å²) in [6.07, 6.45) is 1.55. The normalized spacial score (nSPS) is 9.73. The van der Waals surface area contributed by atoms with E-state index in [1.165, 1.54) is 12.1 Å². The summed E-state index contributed by atoms with van der Waals surface area (Å²) in [6.45, 7) is 17.5. The summed E-state index contributed by atoms with van der Waals surface area (Å²) in [6, 6.07) is 15.1. The molecule has 3 rings (SSSR count). The van der Waals surface area contributed by atoms with E-state index < -0.39 is 10.0 Å². The number of sulfonamides is 1. The van der Waals surface area contributed by atoms with Crippen LogP contribution in [0.2, 0.25) is 0 Å². The Labute approximate surface area is 200 Å². The minimum absolute atomic E-state index is 0.140. The molecule has 3 aromatic rings. The van der Waals surface area contributed by atoms with Crippen molar-refractivity contribution in [2.75, 3.05) is 4.72 Å². The molecule has 0 spiro atoms. The molecule has 2 aromatic carbocycles. The van der Waals surface area contributed by atoms with Crippen molar-refractivity contribution in [2.24, 2.45) is 0 Å². The van der Waals surface area contributed by atoms with E-state index >= 15 is 0 Å². The highest BCUT2D eigenvalue weighted by atomic mass is 32.2. The molecule has 33 heavy (non-hydrogen) atoms. The topological polar surface area (TPSA) is 76.1 Å². The molecule has 0 aliphatic rings. The van der Waals surface area contributed by atoms with Crippen LogP contribution < -0.4 is 4.72 Å². The van der Waals surface area contributed by atoms with Crippen molar-refractivity contribution in [1.82, 2.24) is 4.98 Å². The van der Waals surface area contributed by atoms with Crippen molar-refractivity contribution < 1.29 is 13.2 Å². The minimum Gasteiger partial charge on any atom is -0.287 e. The van der Waals surface area contributed by atoms with E-state index in [0.717, 1.165) is 16.7 Å². The second-order valence-corrected chi connectivity index (χ2v) is 8.15. The Morgan fingerprint density at radius 2 is 1.33 bits per heavy atom. The Morgan fingerprint density at radius 3 is 1.88 bits per heavy atom. The quantitative estimate of drug-likeness (QED) is 0.403. The minimum atomic E-state index is -3.81. The van der Waals surface area contributed by atoms with Gasteiger partial charge in [0, 0.05) is 11.8 Å². The predicted molar refractivity (Wildman–Crippen MR) is 140 cm³/mol. The summed E-state index contributed by atoms with van der Waals surface area (Å²) in [5, 5.41) is 0. The smallest absolute Gasteiger partial charge is 0.261 e. The highest BCUT2D eigenvalue weighted by molar-refractivity contribution is 7.92. The van der Waals surface area contributed by atoms with Gasteiger partial charge in [0.05, 0.1) is 10.6 Å². The molecular weight excluding hydrogens is 432 g/mol. The Balaban J connectivity index is 0.00000158. The molecule has 0 atom stereocenters. The second kappa shape index (κ2) is 15.0. The Bertz CT molecular complexity index is 1110. The van der Waals surface area contributed by atoms with Crippen molar-refractivity contribution in [3.63, 3.8) is 0 Å². The van der Waals surface area contributed by atoms with Crippen LogP contribution in [0.3, 0.4) is 0 Å². The zero-order chi connectivity index (χ0) is 25.6. The van der Waals surface area contributed by atoms with E-state index in [1.807, 2.05) is 55.4 Å². The van der Waals surface area contributed by atoms with E-state index in [4.69, 9.17) is 0 Å². The maximum atomic E-state index is 13.0. The molecule has 0 aliphatic carbocycles. The molecule has 6 heteroatoms. The summed E-state index contributed by atoms with van der Waals surface area (Å²) in [4.78, 5) is 17.3. The highest BCUT2D eigenvalue weighted by Crippen LogP contribution is 2.24. The molecule has 0 saturated heterocycles. The molecule has 1 N–H and O–H groups in total. The Hall–Kier alpha value is -2.99. The molecule has 0 saturated carbocycles. The number of pyridine rings is 1. The number of hydrogen-bond acceptors (Lipinski definition) is 4. The third-order valence-electron chi connectivity index (χ3n) is 4.22. The fraction of sp³-hybridized carbons (Fsp3) is 0.333. The standard InChI is InChI=1S/C21H20N2O3S.3C2H6/c1-14-6-9-17(10-7-14)27(25,26)23-19-11-8-15(2)13-18(19)21(24)20-16(3)5-4-12-22-20;3*1-2/h4-13,23H,1-3H3;3*1-2H3. The third kappa shape index (κ3) is 8.46. The van der Waals surface area contributed by atoms with Crippen LogP contribution >= 0.6 is 0 Å². The molecule has 0 radical (unpaired) electrons. The molecule has 0 amide bonds. The average Bonchev–Trinajstić information content (AvgIpc) is 2.84. The van der Waals surface area contributed by atoms with Crippen LogP contribution in [-0.2, 0) is 10.0 Å². The molecule has 180 valence electrons. The van der Waals surface area contributed by atoms with E-state index in [9.17, 15) is 13.2 Å². The van der Waals surface area contributed by atoms with Gasteiger partial charge in [-0.1, -0.05) is 76.9 Å². The number of ketones is 1. The molecule has 5 nitrogen and oxygen atoms in total. The van der Waals surface area contributed by atoms with Crippen molar-refractivity contribution >= 4 is 21.5 Å². The lowest BCUT2D eigenvalue weighted by Gasteiger charge is -2.13. The molecule has 1 aromatic heterocycles. The fourth-order valence-electron chi connectivity index (χ4n) is 2.71. The van der Waals surface area contributed by atoms with Gasteiger partial charge in [0.1, 0.15) is 5.69 Å². The van der Waals surface area contributed by atoms with Gasteiger partial charge >= 0.3 is 0 Å². The zero-order valence-corrected chi connectivity index (χ0v) is 22.2. The number of carbonyl (C=O) groups is 1. The molecular formula is C27H38N2O3S. The van der Waals surface area contributed by atoms with Crippen LogP contribution in [0, 0.1) is 20.8 Å². The van der Waals surface area contributed by atoms with Gasteiger partial charge in [-0.3, -0.25) is 14.5 Å². The van der Waals surface area contributed by atoms with Crippen molar-refractivity contribution in [2.45, 2.75) is 67.2 Å². The first-order valence-corrected chi connectivity index (χ1v) is 12.9. The van der Waals surface area contributed by atoms with Gasteiger partial charge in [0.15, 0.2) is 0 Å². The monoisotopic (exact) mass is 470 g/mol. The lowest BCUT2D eigenvalue weighted by atomic mass is 10.0. The molecule has 0 aliphatic heterocycles. The van der Waals surface area contributed by atoms with E-state index in [2.05, 4.69) is 9.71 Å². The van der Waals surface area contributed by atoms with Gasteiger partial charge in [-0.2, -0.15) is 0 Å². The summed E-state index contributed by atoms with van der Waals surface area (Å²) < 4.78 is 28.0. The summed E-state index contributed by atoms with van der Waals surface area (Å²) in [5.74, 6) is -0.321. The Kier molecular flexibility index (Phi) is 13.6. The van der Waals surface area contributed by atoms with Gasteiger partial charge in [-0.15, -0.1) is 0 Å². The molecule has 0 bridgehead atoms. The van der Waals surface area contributed by atoms with Crippen LogP contribution in [0.15, 0.2) is 65.7 Å². The fourth-order valence-corrected chi connectivity index (χ4v) is 3.79. The van der Waals surface area contributed by atoms with Crippen molar-refractivity contribution in [3.8, 4) is 0 Å². The number of nitrogens with one attached hydrogen (secondary N) is 1. The van der Waals surface area contributed by atoms with E-state index in [-0.39, 0.29) is 21.9 Å². The zero-order valence-electron chi connectivity index (χ0n) is 21.4. The summed E-state index contributed by atoms with van der Waals surface area (Å²) in [5.41, 5.74) is 3.36. The lowest BCUT2D eigenvalue weighted by Crippen LogP contribution is -2.17. The summed E-state index contributed by atoms with van der Waals surface area (Å²) >= 11 is 0. The van der Waals surface area contributed by atoms with Crippen LogP contribution in [0.25, 0.3) is 0 Å². The van der Waals surface area contributed by atoms with Gasteiger partial charge in [0.2, 0.25) is 5.78 Å². The number of aromatic nitrogens is 1. The largest absolute Gasteiger partial charge is 0.287 e. The van der Waals surface area contributed by atoms with Gasteiger partial charge in [-0.25, -0.2) is 8.42 Å². The molecule has 0 unspecified atom stereocenters. The maximum Gasteiger partial charge on any atom is 0.261 e. The average molecular weight is 471 g/mol. The van der Waals surface area contributed by atoms with Crippen LogP contribution in [-0.4, -0.2) is 19.2 Å². The second-order valence-electron chi connectivity index (χ2n) is 6.47. The van der Waals surface area contributed by atoms with Crippen LogP contribution in [0.5, 0.6) is 0 Å². The van der Waals surface area contributed by atoms with Crippen LogP contribution in [0.1, 0.15) is 74.3 Å². The third-order valence-corrected chi connectivity index (χ3v) is 5.60. The number of anilines is 1. The lowest BCUT2D eigenvalue weighted by molar-refractivity contribution is 0.103. The SMILES string of the molecule is CC.CC.CC.Cc1ccc(S(=O)(=O)Nc2ccc(C)cc2C(=O)c2ncccc2C)cc1. The van der Waals surface area contributed by atoms with Gasteiger partial charge < -0.3 is 0 Å². The number of nitrogens with zero attached hydrogens (tertiary/aromatic N) is 1. The summed E-state index contributed by atoms with van der Waals surface area (Å²) in [7, 11) is -3.81. The first kappa shape index (κ1) is 30.0. The number of benzene rings is 2. The highest BCUT2D eigenvalue weighted by Gasteiger charge is 2.21. The molecule has 0 fully saturated rings. The first-order valence-electron chi connectivity index (χ1n) is 11.4. The van der Waals surface area contributed by atoms with E-state index in [1.54, 1.807) is 55.6 Å². The van der Waals surface area contributed by atoms with Gasteiger partial charge in [0.25, 0.3) is 10.0 Å². The maximum absolute atomic E-state index is 13.0. The van der Waals surface area contributed by atoms with Gasteiger partial charge in [-0.05, 0) is 56.7 Å². The number of aryl methyl sites for hydroxylation is 3. The van der Waals surface area contributed by atoms with Crippen molar-refractivity contribution in [3.05, 3.63) is 88.7 Å². The number of carbonyl (C=O) groups excluding carboxylic acids is 1. The number of rotatable bonds is 5. The van der Waals surface area contributed by atoms with Crippen molar-refractivity contribution in [1.29, 1.82) is 0 Å². The predicted octanol–water partition coefficient (Wildman–Crippen LogP) is 7.12. The Morgan fingerprint density at radius 1 is 0.788 bits per heavy atom. The number of hydrogen-bond donors (Lipinski definition) is 1. The van der Waals surface area contributed by atoms with Crippen LogP contribution in [0.4, 0.5) is 5.69 Å². The first-order chi connectivity index (χ1) is 15.8. The van der Waals surface area contributed by atoms with E-state index in [0.29, 0.717) is 5.69 Å².